The Bertz CT molecular complexity index is 2070. The molecule has 5 aliphatic rings. The van der Waals surface area contributed by atoms with E-state index in [4.69, 9.17) is 9.98 Å². The first-order chi connectivity index (χ1) is 23.3. The molecular formula is C43H40N4. The first kappa shape index (κ1) is 27.4. The van der Waals surface area contributed by atoms with Crippen molar-refractivity contribution >= 4 is 11.6 Å². The number of benzene rings is 4. The van der Waals surface area contributed by atoms with E-state index in [2.05, 4.69) is 107 Å². The average Bonchev–Trinajstić information content (AvgIpc) is 3.61. The number of hydrogen-bond donors (Lipinski definition) is 0. The highest BCUT2D eigenvalue weighted by Crippen LogP contribution is 2.63. The fourth-order valence-corrected chi connectivity index (χ4v) is 9.63. The number of rotatable bonds is 3. The van der Waals surface area contributed by atoms with Crippen molar-refractivity contribution < 1.29 is 0 Å². The van der Waals surface area contributed by atoms with Gasteiger partial charge in [0.1, 0.15) is 0 Å². The number of hydrogen-bond acceptors (Lipinski definition) is 4. The Morgan fingerprint density at radius 1 is 0.596 bits per heavy atom. The van der Waals surface area contributed by atoms with E-state index in [0.29, 0.717) is 5.92 Å². The van der Waals surface area contributed by atoms with Crippen LogP contribution in [0.5, 0.6) is 0 Å². The van der Waals surface area contributed by atoms with Crippen molar-refractivity contribution in [2.24, 2.45) is 4.99 Å². The zero-order valence-electron chi connectivity index (χ0n) is 27.0. The Kier molecular flexibility index (Phi) is 6.22. The van der Waals surface area contributed by atoms with E-state index in [1.54, 1.807) is 0 Å². The van der Waals surface area contributed by atoms with Gasteiger partial charge in [0.2, 0.25) is 5.96 Å². The van der Waals surface area contributed by atoms with Crippen molar-refractivity contribution in [2.45, 2.75) is 56.3 Å². The van der Waals surface area contributed by atoms with E-state index in [1.807, 2.05) is 6.20 Å². The van der Waals surface area contributed by atoms with Gasteiger partial charge in [-0.2, -0.15) is 0 Å². The molecule has 1 aromatic heterocycles. The number of pyridine rings is 1. The van der Waals surface area contributed by atoms with Gasteiger partial charge in [-0.3, -0.25) is 9.98 Å². The molecule has 4 nitrogen and oxygen atoms in total. The molecular weight excluding hydrogens is 573 g/mol. The zero-order valence-corrected chi connectivity index (χ0v) is 27.0. The minimum Gasteiger partial charge on any atom is -0.342 e. The van der Waals surface area contributed by atoms with Gasteiger partial charge < -0.3 is 9.80 Å². The van der Waals surface area contributed by atoms with Gasteiger partial charge in [-0.15, -0.1) is 0 Å². The van der Waals surface area contributed by atoms with Gasteiger partial charge in [-0.1, -0.05) is 98.1 Å². The minimum atomic E-state index is -0.313. The van der Waals surface area contributed by atoms with E-state index < -0.39 is 0 Å². The van der Waals surface area contributed by atoms with Gasteiger partial charge in [-0.05, 0) is 99.9 Å². The summed E-state index contributed by atoms with van der Waals surface area (Å²) in [5.41, 5.74) is 15.7. The maximum atomic E-state index is 4.95. The molecule has 47 heavy (non-hydrogen) atoms. The summed E-state index contributed by atoms with van der Waals surface area (Å²) in [5.74, 6) is 1.80. The van der Waals surface area contributed by atoms with Crippen LogP contribution in [0.4, 0.5) is 5.69 Å². The molecule has 1 atom stereocenters. The molecule has 3 heterocycles. The topological polar surface area (TPSA) is 31.7 Å². The molecule has 1 saturated carbocycles. The summed E-state index contributed by atoms with van der Waals surface area (Å²) < 4.78 is 0. The molecule has 1 saturated heterocycles. The number of aromatic nitrogens is 1. The number of anilines is 1. The summed E-state index contributed by atoms with van der Waals surface area (Å²) >= 11 is 0. The summed E-state index contributed by atoms with van der Waals surface area (Å²) in [7, 11) is 0. The highest BCUT2D eigenvalue weighted by atomic mass is 15.4. The van der Waals surface area contributed by atoms with Gasteiger partial charge in [0.25, 0.3) is 0 Å². The summed E-state index contributed by atoms with van der Waals surface area (Å²) in [5, 5.41) is 0. The Labute approximate surface area is 277 Å². The summed E-state index contributed by atoms with van der Waals surface area (Å²) in [6.45, 7) is 4.13. The molecule has 2 aliphatic heterocycles. The van der Waals surface area contributed by atoms with Crippen LogP contribution in [0.25, 0.3) is 33.5 Å². The molecule has 0 amide bonds. The predicted molar refractivity (Wildman–Crippen MR) is 192 cm³/mol. The second-order valence-electron chi connectivity index (χ2n) is 14.2. The zero-order chi connectivity index (χ0) is 31.0. The van der Waals surface area contributed by atoms with Crippen LogP contribution in [0.3, 0.4) is 0 Å². The number of guanidine groups is 1. The molecule has 232 valence electrons. The highest BCUT2D eigenvalue weighted by molar-refractivity contribution is 5.98. The Morgan fingerprint density at radius 2 is 1.34 bits per heavy atom. The lowest BCUT2D eigenvalue weighted by molar-refractivity contribution is 0.360. The molecule has 4 aromatic carbocycles. The van der Waals surface area contributed by atoms with E-state index in [1.165, 1.54) is 93.4 Å². The molecule has 2 fully saturated rings. The molecule has 0 bridgehead atoms. The standard InChI is InChI=1S/C43H40N4/c1-2-10-29(11-3-1)30-16-18-35-33-12-4-6-14-37(33)43(40(35)27-30)38-15-7-5-13-34(38)36-26-31(17-19-39(36)43)41-28-32(20-22-44-41)47-25-9-24-46-23-8-21-45-42(46)47/h4-7,12-20,22,26-29H,1-3,8-11,21,23-25H2. The maximum Gasteiger partial charge on any atom is 0.201 e. The highest BCUT2D eigenvalue weighted by Gasteiger charge is 2.51. The van der Waals surface area contributed by atoms with Gasteiger partial charge in [0.15, 0.2) is 0 Å². The lowest BCUT2D eigenvalue weighted by Crippen LogP contribution is -2.52. The fourth-order valence-electron chi connectivity index (χ4n) is 9.63. The van der Waals surface area contributed by atoms with Crippen molar-refractivity contribution in [3.8, 4) is 33.5 Å². The summed E-state index contributed by atoms with van der Waals surface area (Å²) in [4.78, 5) is 14.7. The van der Waals surface area contributed by atoms with E-state index in [-0.39, 0.29) is 5.41 Å². The van der Waals surface area contributed by atoms with Crippen LogP contribution in [-0.4, -0.2) is 42.0 Å². The first-order valence-corrected chi connectivity index (χ1v) is 17.8. The van der Waals surface area contributed by atoms with Crippen LogP contribution in [0.15, 0.2) is 108 Å². The van der Waals surface area contributed by atoms with E-state index in [9.17, 15) is 0 Å². The van der Waals surface area contributed by atoms with Crippen molar-refractivity contribution in [2.75, 3.05) is 31.1 Å². The molecule has 1 unspecified atom stereocenters. The monoisotopic (exact) mass is 612 g/mol. The van der Waals surface area contributed by atoms with Crippen LogP contribution < -0.4 is 4.90 Å². The van der Waals surface area contributed by atoms with Gasteiger partial charge in [0, 0.05) is 43.6 Å². The van der Waals surface area contributed by atoms with Crippen molar-refractivity contribution in [3.63, 3.8) is 0 Å². The Hall–Kier alpha value is -4.70. The van der Waals surface area contributed by atoms with Crippen LogP contribution >= 0.6 is 0 Å². The average molecular weight is 613 g/mol. The maximum absolute atomic E-state index is 4.95. The summed E-state index contributed by atoms with van der Waals surface area (Å²) in [6, 6.07) is 37.4. The van der Waals surface area contributed by atoms with Crippen molar-refractivity contribution in [1.82, 2.24) is 9.88 Å². The molecule has 4 heteroatoms. The Balaban J connectivity index is 1.13. The number of fused-ring (bicyclic) bond motifs is 11. The third-order valence-electron chi connectivity index (χ3n) is 11.7. The van der Waals surface area contributed by atoms with Crippen molar-refractivity contribution in [1.29, 1.82) is 0 Å². The molecule has 5 aromatic rings. The molecule has 0 radical (unpaired) electrons. The van der Waals surface area contributed by atoms with Crippen LogP contribution in [0, 0.1) is 0 Å². The van der Waals surface area contributed by atoms with E-state index >= 15 is 0 Å². The third kappa shape index (κ3) is 4.00. The summed E-state index contributed by atoms with van der Waals surface area (Å²) in [6.07, 6.45) is 11.0. The SMILES string of the molecule is c1ccc2c(c1)-c1cc(-c3cc(N4CCCN5CCCN=C54)ccn3)ccc1C21c2ccccc2-c2ccc(C3CCCCC3)cc21. The van der Waals surface area contributed by atoms with E-state index in [0.717, 1.165) is 50.7 Å². The van der Waals surface area contributed by atoms with Crippen LogP contribution in [0.1, 0.15) is 78.7 Å². The first-order valence-electron chi connectivity index (χ1n) is 17.8. The molecule has 3 aliphatic carbocycles. The van der Waals surface area contributed by atoms with Crippen molar-refractivity contribution in [3.05, 3.63) is 131 Å². The number of nitrogens with zero attached hydrogens (tertiary/aromatic N) is 4. The molecule has 1 spiro atoms. The Morgan fingerprint density at radius 3 is 2.19 bits per heavy atom. The van der Waals surface area contributed by atoms with Crippen LogP contribution in [-0.2, 0) is 5.41 Å². The van der Waals surface area contributed by atoms with Gasteiger partial charge in [0.05, 0.1) is 11.1 Å². The second-order valence-corrected chi connectivity index (χ2v) is 14.2. The molecule has 0 N–H and O–H groups in total. The molecule has 10 rings (SSSR count). The number of aliphatic imine (C=N–C) groups is 1. The largest absolute Gasteiger partial charge is 0.342 e. The quantitative estimate of drug-likeness (QED) is 0.199. The normalized spacial score (nSPS) is 21.1. The lowest BCUT2D eigenvalue weighted by Gasteiger charge is -2.41. The third-order valence-corrected chi connectivity index (χ3v) is 11.7. The fraction of sp³-hybridized carbons (Fsp3) is 0.302. The van der Waals surface area contributed by atoms with Gasteiger partial charge in [-0.25, -0.2) is 0 Å². The predicted octanol–water partition coefficient (Wildman–Crippen LogP) is 9.41. The van der Waals surface area contributed by atoms with Gasteiger partial charge >= 0.3 is 0 Å². The smallest absolute Gasteiger partial charge is 0.201 e. The van der Waals surface area contributed by atoms with Crippen LogP contribution in [0.2, 0.25) is 0 Å². The minimum absolute atomic E-state index is 0.313. The lowest BCUT2D eigenvalue weighted by atomic mass is 9.69. The second kappa shape index (κ2) is 10.7.